The van der Waals surface area contributed by atoms with E-state index in [-0.39, 0.29) is 17.1 Å². The molecule has 0 amide bonds. The number of alkyl halides is 3. The number of hydrogen-bond acceptors (Lipinski definition) is 4. The molecule has 0 spiro atoms. The third kappa shape index (κ3) is 5.46. The molecule has 146 valence electrons. The van der Waals surface area contributed by atoms with Gasteiger partial charge in [-0.15, -0.1) is 0 Å². The van der Waals surface area contributed by atoms with Gasteiger partial charge in [0.1, 0.15) is 5.75 Å². The first kappa shape index (κ1) is 20.8. The van der Waals surface area contributed by atoms with E-state index in [1.54, 1.807) is 25.1 Å². The van der Waals surface area contributed by atoms with Crippen molar-refractivity contribution in [3.63, 3.8) is 0 Å². The van der Waals surface area contributed by atoms with E-state index in [1.165, 1.54) is 6.07 Å². The summed E-state index contributed by atoms with van der Waals surface area (Å²) in [5.41, 5.74) is -0.364. The number of sulfone groups is 1. The first-order valence-corrected chi connectivity index (χ1v) is 9.51. The zero-order chi connectivity index (χ0) is 20.2. The number of aryl methyl sites for hydroxylation is 1. The van der Waals surface area contributed by atoms with Gasteiger partial charge in [-0.05, 0) is 42.8 Å². The van der Waals surface area contributed by atoms with Crippen molar-refractivity contribution in [3.8, 4) is 5.75 Å². The lowest BCUT2D eigenvalue weighted by Gasteiger charge is -2.16. The Labute approximate surface area is 154 Å². The number of hydrogen-bond donors (Lipinski definition) is 1. The SMILES string of the molecule is Cc1ccccc1S(=O)(=O)CCC(Oc1ccc(C(F)(F)F)cc1)C(=O)O. The molecular formula is C18H17F3O5S. The molecule has 0 saturated carbocycles. The summed E-state index contributed by atoms with van der Waals surface area (Å²) in [6, 6.07) is 9.81. The smallest absolute Gasteiger partial charge is 0.416 e. The maximum Gasteiger partial charge on any atom is 0.416 e. The van der Waals surface area contributed by atoms with Gasteiger partial charge in [0.2, 0.25) is 0 Å². The molecule has 0 bridgehead atoms. The summed E-state index contributed by atoms with van der Waals surface area (Å²) in [6.45, 7) is 1.63. The van der Waals surface area contributed by atoms with Crippen LogP contribution in [-0.4, -0.2) is 31.4 Å². The molecule has 0 aliphatic carbocycles. The van der Waals surface area contributed by atoms with Gasteiger partial charge >= 0.3 is 12.1 Å². The van der Waals surface area contributed by atoms with E-state index in [1.807, 2.05) is 0 Å². The van der Waals surface area contributed by atoms with Crippen molar-refractivity contribution in [1.29, 1.82) is 0 Å². The van der Waals surface area contributed by atoms with Crippen molar-refractivity contribution in [2.75, 3.05) is 5.75 Å². The fourth-order valence-corrected chi connectivity index (χ4v) is 3.99. The van der Waals surface area contributed by atoms with Gasteiger partial charge in [0.25, 0.3) is 0 Å². The van der Waals surface area contributed by atoms with Crippen LogP contribution < -0.4 is 4.74 Å². The maximum atomic E-state index is 12.6. The van der Waals surface area contributed by atoms with Gasteiger partial charge in [-0.3, -0.25) is 0 Å². The summed E-state index contributed by atoms with van der Waals surface area (Å²) in [5, 5.41) is 9.24. The summed E-state index contributed by atoms with van der Waals surface area (Å²) < 4.78 is 67.7. The van der Waals surface area contributed by atoms with Gasteiger partial charge in [-0.2, -0.15) is 13.2 Å². The van der Waals surface area contributed by atoms with Gasteiger partial charge in [-0.25, -0.2) is 13.2 Å². The Bertz CT molecular complexity index is 905. The molecule has 0 aromatic heterocycles. The number of carboxylic acid groups (broad SMARTS) is 1. The van der Waals surface area contributed by atoms with Crippen LogP contribution >= 0.6 is 0 Å². The van der Waals surface area contributed by atoms with E-state index in [2.05, 4.69) is 0 Å². The zero-order valence-corrected chi connectivity index (χ0v) is 15.0. The molecule has 9 heteroatoms. The highest BCUT2D eigenvalue weighted by Gasteiger charge is 2.30. The van der Waals surface area contributed by atoms with Crippen LogP contribution in [0, 0.1) is 6.92 Å². The molecule has 5 nitrogen and oxygen atoms in total. The van der Waals surface area contributed by atoms with Crippen LogP contribution in [0.25, 0.3) is 0 Å². The third-order valence-corrected chi connectivity index (χ3v) is 5.71. The van der Waals surface area contributed by atoms with Crippen LogP contribution in [0.3, 0.4) is 0 Å². The molecule has 0 heterocycles. The zero-order valence-electron chi connectivity index (χ0n) is 14.2. The van der Waals surface area contributed by atoms with Crippen molar-refractivity contribution in [2.45, 2.75) is 30.5 Å². The molecule has 0 radical (unpaired) electrons. The lowest BCUT2D eigenvalue weighted by molar-refractivity contribution is -0.145. The van der Waals surface area contributed by atoms with E-state index in [0.717, 1.165) is 24.3 Å². The van der Waals surface area contributed by atoms with E-state index < -0.39 is 39.4 Å². The van der Waals surface area contributed by atoms with E-state index in [4.69, 9.17) is 4.74 Å². The average Bonchev–Trinajstić information content (AvgIpc) is 2.58. The third-order valence-electron chi connectivity index (χ3n) is 3.81. The Hall–Kier alpha value is -2.55. The van der Waals surface area contributed by atoms with E-state index in [0.29, 0.717) is 5.56 Å². The Balaban J connectivity index is 2.10. The Morgan fingerprint density at radius 1 is 1.11 bits per heavy atom. The number of carboxylic acids is 1. The van der Waals surface area contributed by atoms with Crippen molar-refractivity contribution in [2.24, 2.45) is 0 Å². The fourth-order valence-electron chi connectivity index (χ4n) is 2.40. The van der Waals surface area contributed by atoms with E-state index >= 15 is 0 Å². The molecule has 1 atom stereocenters. The minimum Gasteiger partial charge on any atom is -0.479 e. The summed E-state index contributed by atoms with van der Waals surface area (Å²) in [4.78, 5) is 11.5. The topological polar surface area (TPSA) is 80.7 Å². The first-order valence-electron chi connectivity index (χ1n) is 7.86. The van der Waals surface area contributed by atoms with E-state index in [9.17, 15) is 31.5 Å². The highest BCUT2D eigenvalue weighted by atomic mass is 32.2. The number of benzene rings is 2. The Morgan fingerprint density at radius 3 is 2.22 bits per heavy atom. The summed E-state index contributed by atoms with van der Waals surface area (Å²) in [6.07, 6.45) is -6.39. The van der Waals surface area contributed by atoms with Crippen molar-refractivity contribution in [1.82, 2.24) is 0 Å². The van der Waals surface area contributed by atoms with Gasteiger partial charge in [0.05, 0.1) is 16.2 Å². The molecule has 1 unspecified atom stereocenters. The standard InChI is InChI=1S/C18H17F3O5S/c1-12-4-2-3-5-16(12)27(24,25)11-10-15(17(22)23)26-14-8-6-13(7-9-14)18(19,20)21/h2-9,15H,10-11H2,1H3,(H,22,23). The van der Waals surface area contributed by atoms with Crippen molar-refractivity contribution in [3.05, 3.63) is 59.7 Å². The molecule has 2 aromatic rings. The number of ether oxygens (including phenoxy) is 1. The predicted octanol–water partition coefficient (Wildman–Crippen LogP) is 3.71. The number of carbonyl (C=O) groups is 1. The summed E-state index contributed by atoms with van der Waals surface area (Å²) >= 11 is 0. The number of halogens is 3. The van der Waals surface area contributed by atoms with Crippen molar-refractivity contribution < 1.29 is 36.2 Å². The Kier molecular flexibility index (Phi) is 6.15. The second-order valence-electron chi connectivity index (χ2n) is 5.84. The minimum atomic E-state index is -4.52. The quantitative estimate of drug-likeness (QED) is 0.764. The van der Waals surface area contributed by atoms with Crippen LogP contribution in [0.1, 0.15) is 17.5 Å². The lowest BCUT2D eigenvalue weighted by atomic mass is 10.2. The predicted molar refractivity (Wildman–Crippen MR) is 91.3 cm³/mol. The average molecular weight is 402 g/mol. The molecule has 0 aliphatic heterocycles. The van der Waals surface area contributed by atoms with Gasteiger partial charge in [-0.1, -0.05) is 18.2 Å². The minimum absolute atomic E-state index is 0.0938. The molecule has 27 heavy (non-hydrogen) atoms. The summed E-state index contributed by atoms with van der Waals surface area (Å²) in [7, 11) is -3.73. The molecule has 2 rings (SSSR count). The fraction of sp³-hybridized carbons (Fsp3) is 0.278. The largest absolute Gasteiger partial charge is 0.479 e. The van der Waals surface area contributed by atoms with Gasteiger partial charge in [0, 0.05) is 6.42 Å². The first-order chi connectivity index (χ1) is 12.5. The number of rotatable bonds is 7. The second kappa shape index (κ2) is 7.99. The lowest BCUT2D eigenvalue weighted by Crippen LogP contribution is -2.29. The highest BCUT2D eigenvalue weighted by molar-refractivity contribution is 7.91. The van der Waals surface area contributed by atoms with Crippen LogP contribution in [0.15, 0.2) is 53.4 Å². The molecular weight excluding hydrogens is 385 g/mol. The van der Waals surface area contributed by atoms with Crippen LogP contribution in [0.4, 0.5) is 13.2 Å². The van der Waals surface area contributed by atoms with Gasteiger partial charge < -0.3 is 9.84 Å². The molecule has 2 aromatic carbocycles. The molecule has 0 fully saturated rings. The van der Waals surface area contributed by atoms with Crippen LogP contribution in [0.5, 0.6) is 5.75 Å². The monoisotopic (exact) mass is 402 g/mol. The van der Waals surface area contributed by atoms with Crippen LogP contribution in [0.2, 0.25) is 0 Å². The number of aliphatic carboxylic acids is 1. The molecule has 0 aliphatic rings. The van der Waals surface area contributed by atoms with Crippen molar-refractivity contribution >= 4 is 15.8 Å². The van der Waals surface area contributed by atoms with Gasteiger partial charge in [0.15, 0.2) is 15.9 Å². The van der Waals surface area contributed by atoms with Crippen LogP contribution in [-0.2, 0) is 20.8 Å². The Morgan fingerprint density at radius 2 is 1.70 bits per heavy atom. The summed E-state index contributed by atoms with van der Waals surface area (Å²) in [5.74, 6) is -1.98. The normalized spacial score (nSPS) is 13.2. The maximum absolute atomic E-state index is 12.6. The highest BCUT2D eigenvalue weighted by Crippen LogP contribution is 2.30. The molecule has 0 saturated heterocycles. The second-order valence-corrected chi connectivity index (χ2v) is 7.92. The molecule has 1 N–H and O–H groups in total.